The van der Waals surface area contributed by atoms with Crippen LogP contribution in [0.3, 0.4) is 0 Å². The van der Waals surface area contributed by atoms with Crippen LogP contribution in [0.25, 0.3) is 10.9 Å². The summed E-state index contributed by atoms with van der Waals surface area (Å²) in [5.74, 6) is 0. The van der Waals surface area contributed by atoms with E-state index in [1.807, 2.05) is 36.4 Å². The molecule has 0 N–H and O–H groups in total. The summed E-state index contributed by atoms with van der Waals surface area (Å²) in [7, 11) is 0. The number of hydrogen-bond donors (Lipinski definition) is 0. The van der Waals surface area contributed by atoms with Gasteiger partial charge >= 0.3 is 6.09 Å². The number of nitrogens with zero attached hydrogens (tertiary/aromatic N) is 3. The minimum atomic E-state index is -0.380. The third-order valence-electron chi connectivity index (χ3n) is 6.97. The predicted octanol–water partition coefficient (Wildman–Crippen LogP) is 6.18. The fraction of sp³-hybridized carbons (Fsp3) is 0.423. The number of carbonyl (C=O) groups is 1. The lowest BCUT2D eigenvalue weighted by Crippen LogP contribution is -2.46. The third-order valence-corrected chi connectivity index (χ3v) is 7.27. The van der Waals surface area contributed by atoms with Crippen LogP contribution < -0.4 is 4.90 Å². The molecule has 2 aromatic carbocycles. The molecule has 1 amide bonds. The Labute approximate surface area is 194 Å². The largest absolute Gasteiger partial charge is 0.441 e. The van der Waals surface area contributed by atoms with Crippen LogP contribution in [-0.2, 0) is 11.3 Å². The molecule has 3 aromatic rings. The van der Waals surface area contributed by atoms with Crippen LogP contribution >= 0.6 is 11.6 Å². The zero-order valence-corrected chi connectivity index (χ0v) is 19.7. The number of amides is 1. The van der Waals surface area contributed by atoms with E-state index in [0.717, 1.165) is 48.7 Å². The van der Waals surface area contributed by atoms with Crippen LogP contribution in [0.15, 0.2) is 48.7 Å². The monoisotopic (exact) mass is 451 g/mol. The van der Waals surface area contributed by atoms with E-state index in [1.54, 1.807) is 4.90 Å². The number of carbonyl (C=O) groups excluding carboxylic acids is 1. The molecular weight excluding hydrogens is 422 g/mol. The van der Waals surface area contributed by atoms with Gasteiger partial charge in [-0.15, -0.1) is 0 Å². The SMILES string of the molecule is Cc1ccc(Cl)c2c1c(CN1CCC3(CC1)CN(c1ccccc1)C(=O)O3)cn2C(C)C. The van der Waals surface area contributed by atoms with Gasteiger partial charge < -0.3 is 9.30 Å². The van der Waals surface area contributed by atoms with Crippen LogP contribution in [0, 0.1) is 6.92 Å². The van der Waals surface area contributed by atoms with Gasteiger partial charge in [0.05, 0.1) is 17.1 Å². The second kappa shape index (κ2) is 8.13. The fourth-order valence-electron chi connectivity index (χ4n) is 5.20. The maximum atomic E-state index is 12.6. The lowest BCUT2D eigenvalue weighted by atomic mass is 9.91. The van der Waals surface area contributed by atoms with Gasteiger partial charge in [-0.25, -0.2) is 4.79 Å². The molecule has 32 heavy (non-hydrogen) atoms. The second-order valence-corrected chi connectivity index (χ2v) is 9.90. The zero-order chi connectivity index (χ0) is 22.5. The number of ether oxygens (including phenoxy) is 1. The number of benzene rings is 2. The van der Waals surface area contributed by atoms with Crippen LogP contribution in [0.1, 0.15) is 43.9 Å². The Bertz CT molecular complexity index is 1150. The van der Waals surface area contributed by atoms with E-state index < -0.39 is 0 Å². The van der Waals surface area contributed by atoms with Crippen molar-refractivity contribution < 1.29 is 9.53 Å². The first-order valence-corrected chi connectivity index (χ1v) is 11.8. The number of anilines is 1. The van der Waals surface area contributed by atoms with Crippen LogP contribution in [0.4, 0.5) is 10.5 Å². The number of fused-ring (bicyclic) bond motifs is 1. The highest BCUT2D eigenvalue weighted by molar-refractivity contribution is 6.35. The maximum absolute atomic E-state index is 12.6. The molecule has 2 aliphatic rings. The van der Waals surface area contributed by atoms with Crippen molar-refractivity contribution in [3.8, 4) is 0 Å². The average molecular weight is 452 g/mol. The van der Waals surface area contributed by atoms with Crippen molar-refractivity contribution in [2.45, 2.75) is 51.8 Å². The van der Waals surface area contributed by atoms with Gasteiger partial charge in [0, 0.05) is 55.8 Å². The summed E-state index contributed by atoms with van der Waals surface area (Å²) in [4.78, 5) is 16.8. The Morgan fingerprint density at radius 3 is 2.50 bits per heavy atom. The molecule has 2 aliphatic heterocycles. The number of hydrogen-bond acceptors (Lipinski definition) is 3. The molecule has 2 saturated heterocycles. The smallest absolute Gasteiger partial charge is 0.415 e. The maximum Gasteiger partial charge on any atom is 0.415 e. The quantitative estimate of drug-likeness (QED) is 0.475. The van der Waals surface area contributed by atoms with Crippen molar-refractivity contribution in [3.05, 3.63) is 64.8 Å². The van der Waals surface area contributed by atoms with Crippen molar-refractivity contribution in [1.82, 2.24) is 9.47 Å². The van der Waals surface area contributed by atoms with Gasteiger partial charge in [0.2, 0.25) is 0 Å². The summed E-state index contributed by atoms with van der Waals surface area (Å²) in [5.41, 5.74) is 4.24. The van der Waals surface area contributed by atoms with Gasteiger partial charge in [-0.05, 0) is 50.1 Å². The lowest BCUT2D eigenvalue weighted by Gasteiger charge is -2.37. The van der Waals surface area contributed by atoms with Gasteiger partial charge in [0.15, 0.2) is 0 Å². The Balaban J connectivity index is 1.33. The molecule has 2 fully saturated rings. The number of rotatable bonds is 4. The second-order valence-electron chi connectivity index (χ2n) is 9.49. The molecule has 0 saturated carbocycles. The summed E-state index contributed by atoms with van der Waals surface area (Å²) in [6, 6.07) is 14.3. The summed E-state index contributed by atoms with van der Waals surface area (Å²) >= 11 is 6.61. The highest BCUT2D eigenvalue weighted by atomic mass is 35.5. The van der Waals surface area contributed by atoms with Crippen LogP contribution in [-0.4, -0.2) is 40.8 Å². The van der Waals surface area contributed by atoms with E-state index in [1.165, 1.54) is 16.5 Å². The molecule has 1 aromatic heterocycles. The Morgan fingerprint density at radius 2 is 1.81 bits per heavy atom. The molecule has 5 rings (SSSR count). The standard InChI is InChI=1S/C26H30ClN3O2/c1-18(2)29-16-20(23-19(3)9-10-22(27)24(23)29)15-28-13-11-26(12-14-28)17-30(25(31)32-26)21-7-5-4-6-8-21/h4-10,16,18H,11-15,17H2,1-3H3. The van der Waals surface area contributed by atoms with Crippen LogP contribution in [0.5, 0.6) is 0 Å². The Morgan fingerprint density at radius 1 is 1.09 bits per heavy atom. The average Bonchev–Trinajstić information content (AvgIpc) is 3.32. The van der Waals surface area contributed by atoms with Crippen molar-refractivity contribution in [3.63, 3.8) is 0 Å². The first-order valence-electron chi connectivity index (χ1n) is 11.4. The molecule has 0 atom stereocenters. The Kier molecular flexibility index (Phi) is 5.42. The molecule has 0 aliphatic carbocycles. The van der Waals surface area contributed by atoms with E-state index in [-0.39, 0.29) is 11.7 Å². The highest BCUT2D eigenvalue weighted by Crippen LogP contribution is 2.38. The van der Waals surface area contributed by atoms with Crippen molar-refractivity contribution in [2.75, 3.05) is 24.5 Å². The first-order chi connectivity index (χ1) is 15.4. The number of para-hydroxylation sites is 1. The molecule has 6 heteroatoms. The third kappa shape index (κ3) is 3.67. The molecule has 3 heterocycles. The van der Waals surface area contributed by atoms with Gasteiger partial charge in [-0.1, -0.05) is 35.9 Å². The Hall–Kier alpha value is -2.50. The normalized spacial score (nSPS) is 18.8. The van der Waals surface area contributed by atoms with E-state index >= 15 is 0 Å². The molecular formula is C26H30ClN3O2. The van der Waals surface area contributed by atoms with E-state index in [4.69, 9.17) is 16.3 Å². The van der Waals surface area contributed by atoms with Crippen molar-refractivity contribution >= 4 is 34.3 Å². The van der Waals surface area contributed by atoms with E-state index in [2.05, 4.69) is 42.5 Å². The lowest BCUT2D eigenvalue weighted by molar-refractivity contribution is -0.000892. The predicted molar refractivity (Wildman–Crippen MR) is 130 cm³/mol. The van der Waals surface area contributed by atoms with Gasteiger partial charge in [-0.3, -0.25) is 9.80 Å². The van der Waals surface area contributed by atoms with E-state index in [0.29, 0.717) is 12.6 Å². The highest BCUT2D eigenvalue weighted by Gasteiger charge is 2.47. The minimum absolute atomic E-state index is 0.227. The molecule has 0 unspecified atom stereocenters. The fourth-order valence-corrected chi connectivity index (χ4v) is 5.45. The summed E-state index contributed by atoms with van der Waals surface area (Å²) < 4.78 is 8.23. The molecule has 1 spiro atoms. The molecule has 168 valence electrons. The van der Waals surface area contributed by atoms with Crippen molar-refractivity contribution in [1.29, 1.82) is 0 Å². The minimum Gasteiger partial charge on any atom is -0.441 e. The number of piperidine rings is 1. The summed E-state index contributed by atoms with van der Waals surface area (Å²) in [6.45, 7) is 9.87. The van der Waals surface area contributed by atoms with E-state index in [9.17, 15) is 4.79 Å². The van der Waals surface area contributed by atoms with Gasteiger partial charge in [0.1, 0.15) is 5.60 Å². The van der Waals surface area contributed by atoms with Crippen molar-refractivity contribution in [2.24, 2.45) is 0 Å². The van der Waals surface area contributed by atoms with Gasteiger partial charge in [-0.2, -0.15) is 0 Å². The topological polar surface area (TPSA) is 37.7 Å². The van der Waals surface area contributed by atoms with Crippen LogP contribution in [0.2, 0.25) is 5.02 Å². The molecule has 0 radical (unpaired) electrons. The number of aryl methyl sites for hydroxylation is 1. The summed E-state index contributed by atoms with van der Waals surface area (Å²) in [5, 5.41) is 2.08. The first kappa shape index (κ1) is 21.4. The number of halogens is 1. The molecule has 0 bridgehead atoms. The van der Waals surface area contributed by atoms with Gasteiger partial charge in [0.25, 0.3) is 0 Å². The molecule has 5 nitrogen and oxygen atoms in total. The summed E-state index contributed by atoms with van der Waals surface area (Å²) in [6.07, 6.45) is 3.75. The number of aromatic nitrogens is 1. The number of likely N-dealkylation sites (tertiary alicyclic amines) is 1. The zero-order valence-electron chi connectivity index (χ0n) is 19.0.